The van der Waals surface area contributed by atoms with Gasteiger partial charge in [0.15, 0.2) is 11.5 Å². The van der Waals surface area contributed by atoms with Crippen LogP contribution in [0.1, 0.15) is 30.0 Å². The first-order valence-electron chi connectivity index (χ1n) is 8.58. The van der Waals surface area contributed by atoms with Crippen molar-refractivity contribution in [2.45, 2.75) is 25.3 Å². The summed E-state index contributed by atoms with van der Waals surface area (Å²) in [5.74, 6) is 1.76. The first-order chi connectivity index (χ1) is 11.4. The molecule has 0 aliphatic carbocycles. The lowest BCUT2D eigenvalue weighted by Crippen LogP contribution is -2.27. The lowest BCUT2D eigenvalue weighted by Gasteiger charge is -2.28. The van der Waals surface area contributed by atoms with E-state index in [1.54, 1.807) is 0 Å². The highest BCUT2D eigenvalue weighted by Gasteiger charge is 2.24. The van der Waals surface area contributed by atoms with E-state index in [1.807, 2.05) is 0 Å². The fraction of sp³-hybridized carbons (Fsp3) is 0.400. The van der Waals surface area contributed by atoms with E-state index in [0.29, 0.717) is 19.3 Å². The molecule has 0 N–H and O–H groups in total. The third-order valence-electron chi connectivity index (χ3n) is 4.80. The zero-order valence-electron chi connectivity index (χ0n) is 13.4. The highest BCUT2D eigenvalue weighted by molar-refractivity contribution is 5.44. The number of likely N-dealkylation sites (tertiary alicyclic amines) is 1. The van der Waals surface area contributed by atoms with E-state index in [9.17, 15) is 0 Å². The van der Waals surface area contributed by atoms with Gasteiger partial charge in [0.25, 0.3) is 0 Å². The molecule has 2 aromatic rings. The van der Waals surface area contributed by atoms with Crippen LogP contribution in [0.15, 0.2) is 48.5 Å². The second-order valence-corrected chi connectivity index (χ2v) is 6.35. The molecule has 2 heterocycles. The standard InChI is InChI=1S/C20H23NO2/c1-2-6-17(7-3-1)18(21-10-4-5-11-21)14-16-8-9-19-20(15-16)23-13-12-22-19/h1-3,6-9,15,18H,4-5,10-14H2. The van der Waals surface area contributed by atoms with Crippen molar-refractivity contribution in [3.05, 3.63) is 59.7 Å². The molecule has 0 aromatic heterocycles. The molecule has 1 saturated heterocycles. The van der Waals surface area contributed by atoms with Crippen molar-refractivity contribution in [2.75, 3.05) is 26.3 Å². The van der Waals surface area contributed by atoms with Crippen molar-refractivity contribution in [3.8, 4) is 11.5 Å². The van der Waals surface area contributed by atoms with Crippen LogP contribution in [0.4, 0.5) is 0 Å². The molecule has 2 aromatic carbocycles. The Hall–Kier alpha value is -2.00. The maximum absolute atomic E-state index is 5.74. The van der Waals surface area contributed by atoms with Gasteiger partial charge in [0.2, 0.25) is 0 Å². The fourth-order valence-electron chi connectivity index (χ4n) is 3.62. The maximum atomic E-state index is 5.74. The predicted molar refractivity (Wildman–Crippen MR) is 91.1 cm³/mol. The van der Waals surface area contributed by atoms with Gasteiger partial charge in [0, 0.05) is 6.04 Å². The average molecular weight is 309 g/mol. The second-order valence-electron chi connectivity index (χ2n) is 6.35. The minimum Gasteiger partial charge on any atom is -0.486 e. The van der Waals surface area contributed by atoms with Gasteiger partial charge >= 0.3 is 0 Å². The van der Waals surface area contributed by atoms with E-state index in [2.05, 4.69) is 53.4 Å². The predicted octanol–water partition coefficient (Wildman–Crippen LogP) is 3.84. The highest BCUT2D eigenvalue weighted by Crippen LogP contribution is 2.34. The Kier molecular flexibility index (Phi) is 4.20. The van der Waals surface area contributed by atoms with Crippen LogP contribution < -0.4 is 9.47 Å². The molecule has 4 rings (SSSR count). The summed E-state index contributed by atoms with van der Waals surface area (Å²) in [5, 5.41) is 0. The van der Waals surface area contributed by atoms with Crippen molar-refractivity contribution in [1.29, 1.82) is 0 Å². The number of rotatable bonds is 4. The zero-order valence-corrected chi connectivity index (χ0v) is 13.4. The number of fused-ring (bicyclic) bond motifs is 1. The van der Waals surface area contributed by atoms with E-state index in [4.69, 9.17) is 9.47 Å². The Bertz CT molecular complexity index is 650. The zero-order chi connectivity index (χ0) is 15.5. The third-order valence-corrected chi connectivity index (χ3v) is 4.80. The third kappa shape index (κ3) is 3.20. The second kappa shape index (κ2) is 6.63. The number of hydrogen-bond donors (Lipinski definition) is 0. The Labute approximate surface area is 137 Å². The molecule has 0 bridgehead atoms. The highest BCUT2D eigenvalue weighted by atomic mass is 16.6. The van der Waals surface area contributed by atoms with Crippen LogP contribution in [0.3, 0.4) is 0 Å². The minimum atomic E-state index is 0.446. The Morgan fingerprint density at radius 1 is 0.870 bits per heavy atom. The molecule has 1 fully saturated rings. The summed E-state index contributed by atoms with van der Waals surface area (Å²) in [7, 11) is 0. The summed E-state index contributed by atoms with van der Waals surface area (Å²) in [5.41, 5.74) is 2.72. The molecule has 0 spiro atoms. The van der Waals surface area contributed by atoms with Gasteiger partial charge < -0.3 is 9.47 Å². The summed E-state index contributed by atoms with van der Waals surface area (Å²) in [6, 6.07) is 17.7. The summed E-state index contributed by atoms with van der Waals surface area (Å²) in [6.07, 6.45) is 3.63. The number of hydrogen-bond acceptors (Lipinski definition) is 3. The van der Waals surface area contributed by atoms with Crippen LogP contribution in [0.2, 0.25) is 0 Å². The van der Waals surface area contributed by atoms with Crippen molar-refractivity contribution < 1.29 is 9.47 Å². The maximum Gasteiger partial charge on any atom is 0.161 e. The van der Waals surface area contributed by atoms with Gasteiger partial charge in [-0.2, -0.15) is 0 Å². The van der Waals surface area contributed by atoms with Gasteiger partial charge in [0.1, 0.15) is 13.2 Å². The largest absolute Gasteiger partial charge is 0.486 e. The average Bonchev–Trinajstić information content (AvgIpc) is 3.14. The van der Waals surface area contributed by atoms with E-state index in [-0.39, 0.29) is 0 Å². The van der Waals surface area contributed by atoms with Gasteiger partial charge in [-0.1, -0.05) is 36.4 Å². The monoisotopic (exact) mass is 309 g/mol. The SMILES string of the molecule is c1ccc(C(Cc2ccc3c(c2)OCCO3)N2CCCC2)cc1. The van der Waals surface area contributed by atoms with Crippen molar-refractivity contribution in [2.24, 2.45) is 0 Å². The normalized spacial score (nSPS) is 18.8. The molecule has 1 atom stereocenters. The number of benzene rings is 2. The first kappa shape index (κ1) is 14.6. The van der Waals surface area contributed by atoms with Gasteiger partial charge in [-0.05, 0) is 55.6 Å². The summed E-state index contributed by atoms with van der Waals surface area (Å²) in [6.45, 7) is 3.69. The topological polar surface area (TPSA) is 21.7 Å². The van der Waals surface area contributed by atoms with Gasteiger partial charge in [-0.25, -0.2) is 0 Å². The lowest BCUT2D eigenvalue weighted by atomic mass is 9.97. The van der Waals surface area contributed by atoms with Crippen molar-refractivity contribution in [1.82, 2.24) is 4.90 Å². The smallest absolute Gasteiger partial charge is 0.161 e. The quantitative estimate of drug-likeness (QED) is 0.856. The van der Waals surface area contributed by atoms with E-state index in [0.717, 1.165) is 17.9 Å². The molecule has 3 nitrogen and oxygen atoms in total. The van der Waals surface area contributed by atoms with E-state index in [1.165, 1.54) is 37.1 Å². The number of nitrogens with zero attached hydrogens (tertiary/aromatic N) is 1. The Morgan fingerprint density at radius 2 is 1.61 bits per heavy atom. The van der Waals surface area contributed by atoms with E-state index >= 15 is 0 Å². The fourth-order valence-corrected chi connectivity index (χ4v) is 3.62. The number of ether oxygens (including phenoxy) is 2. The summed E-state index contributed by atoms with van der Waals surface area (Å²) in [4.78, 5) is 2.62. The molecule has 23 heavy (non-hydrogen) atoms. The Morgan fingerprint density at radius 3 is 2.39 bits per heavy atom. The van der Waals surface area contributed by atoms with Crippen molar-refractivity contribution >= 4 is 0 Å². The molecule has 0 saturated carbocycles. The van der Waals surface area contributed by atoms with Crippen LogP contribution in [0, 0.1) is 0 Å². The van der Waals surface area contributed by atoms with Crippen molar-refractivity contribution in [3.63, 3.8) is 0 Å². The Balaban J connectivity index is 1.60. The molecule has 0 amide bonds. The molecule has 2 aliphatic heterocycles. The van der Waals surface area contributed by atoms with E-state index < -0.39 is 0 Å². The molecule has 1 unspecified atom stereocenters. The van der Waals surface area contributed by atoms with Gasteiger partial charge in [0.05, 0.1) is 0 Å². The molecule has 2 aliphatic rings. The summed E-state index contributed by atoms with van der Waals surface area (Å²) >= 11 is 0. The van der Waals surface area contributed by atoms with Crippen LogP contribution >= 0.6 is 0 Å². The van der Waals surface area contributed by atoms with Gasteiger partial charge in [-0.3, -0.25) is 4.90 Å². The van der Waals surface area contributed by atoms with Gasteiger partial charge in [-0.15, -0.1) is 0 Å². The molecular formula is C20H23NO2. The van der Waals surface area contributed by atoms with Crippen LogP contribution in [0.5, 0.6) is 11.5 Å². The molecule has 0 radical (unpaired) electrons. The van der Waals surface area contributed by atoms with Crippen LogP contribution in [0.25, 0.3) is 0 Å². The molecular weight excluding hydrogens is 286 g/mol. The molecule has 120 valence electrons. The van der Waals surface area contributed by atoms with Crippen LogP contribution in [-0.4, -0.2) is 31.2 Å². The molecule has 3 heteroatoms. The first-order valence-corrected chi connectivity index (χ1v) is 8.58. The summed E-state index contributed by atoms with van der Waals surface area (Å²) < 4.78 is 11.4. The minimum absolute atomic E-state index is 0.446. The lowest BCUT2D eigenvalue weighted by molar-refractivity contribution is 0.171. The van der Waals surface area contributed by atoms with Crippen LogP contribution in [-0.2, 0) is 6.42 Å².